The van der Waals surface area contributed by atoms with Gasteiger partial charge in [-0.1, -0.05) is 66.2 Å². The van der Waals surface area contributed by atoms with Crippen molar-refractivity contribution in [2.24, 2.45) is 23.7 Å². The van der Waals surface area contributed by atoms with E-state index in [9.17, 15) is 5.11 Å². The normalized spacial score (nSPS) is 27.0. The van der Waals surface area contributed by atoms with Gasteiger partial charge in [0.05, 0.1) is 0 Å². The molecule has 2 nitrogen and oxygen atoms in total. The Morgan fingerprint density at radius 3 is 1.82 bits per heavy atom. The first-order valence-corrected chi connectivity index (χ1v) is 9.94. The van der Waals surface area contributed by atoms with Crippen molar-refractivity contribution in [3.05, 3.63) is 0 Å². The molecule has 0 aromatic heterocycles. The van der Waals surface area contributed by atoms with Gasteiger partial charge in [0.2, 0.25) is 0 Å². The summed E-state index contributed by atoms with van der Waals surface area (Å²) >= 11 is 0. The molecule has 2 fully saturated rings. The number of rotatable bonds is 4. The van der Waals surface area contributed by atoms with Crippen LogP contribution in [-0.4, -0.2) is 23.4 Å². The maximum Gasteiger partial charge on any atom is 0.0462 e. The average molecular weight is 315 g/mol. The highest BCUT2D eigenvalue weighted by molar-refractivity contribution is 4.78. The van der Waals surface area contributed by atoms with E-state index in [4.69, 9.17) is 5.11 Å². The lowest BCUT2D eigenvalue weighted by atomic mass is 9.72. The van der Waals surface area contributed by atoms with Gasteiger partial charge in [-0.3, -0.25) is 0 Å². The van der Waals surface area contributed by atoms with Crippen LogP contribution in [0.5, 0.6) is 0 Å². The Morgan fingerprint density at radius 1 is 0.818 bits per heavy atom. The van der Waals surface area contributed by atoms with Gasteiger partial charge >= 0.3 is 0 Å². The average Bonchev–Trinajstić information content (AvgIpc) is 2.63. The van der Waals surface area contributed by atoms with Crippen molar-refractivity contribution in [1.29, 1.82) is 0 Å². The van der Waals surface area contributed by atoms with Gasteiger partial charge in [0.25, 0.3) is 0 Å². The van der Waals surface area contributed by atoms with Gasteiger partial charge < -0.3 is 10.2 Å². The van der Waals surface area contributed by atoms with Crippen LogP contribution in [0, 0.1) is 23.7 Å². The molecule has 3 atom stereocenters. The second-order valence-corrected chi connectivity index (χ2v) is 6.96. The molecule has 2 saturated carbocycles. The van der Waals surface area contributed by atoms with Gasteiger partial charge in [-0.05, 0) is 49.4 Å². The van der Waals surface area contributed by atoms with Crippen molar-refractivity contribution in [2.75, 3.05) is 13.2 Å². The first-order chi connectivity index (χ1) is 10.7. The lowest BCUT2D eigenvalue weighted by Crippen LogP contribution is -2.27. The van der Waals surface area contributed by atoms with Crippen molar-refractivity contribution in [2.45, 2.75) is 91.9 Å². The molecule has 1 unspecified atom stereocenters. The van der Waals surface area contributed by atoms with Crippen LogP contribution < -0.4 is 0 Å². The van der Waals surface area contributed by atoms with Gasteiger partial charge in [0, 0.05) is 13.2 Å². The highest BCUT2D eigenvalue weighted by Crippen LogP contribution is 2.35. The summed E-state index contributed by atoms with van der Waals surface area (Å²) < 4.78 is 0. The van der Waals surface area contributed by atoms with Gasteiger partial charge in [0.15, 0.2) is 0 Å². The molecule has 0 heterocycles. The van der Waals surface area contributed by atoms with Crippen LogP contribution in [0.4, 0.5) is 0 Å². The Kier molecular flexibility index (Phi) is 14.5. The minimum Gasteiger partial charge on any atom is -0.396 e. The van der Waals surface area contributed by atoms with Crippen molar-refractivity contribution in [3.63, 3.8) is 0 Å². The van der Waals surface area contributed by atoms with Gasteiger partial charge in [-0.15, -0.1) is 0 Å². The summed E-state index contributed by atoms with van der Waals surface area (Å²) in [5.41, 5.74) is 0. The van der Waals surface area contributed by atoms with E-state index in [-0.39, 0.29) is 0 Å². The molecule has 2 N–H and O–H groups in total. The monoisotopic (exact) mass is 314 g/mol. The summed E-state index contributed by atoms with van der Waals surface area (Å²) in [5.74, 6) is 2.86. The molecule has 0 aliphatic heterocycles. The first kappa shape index (κ1) is 21.9. The zero-order chi connectivity index (χ0) is 16.8. The number of hydrogen-bond acceptors (Lipinski definition) is 2. The molecule has 0 spiro atoms. The Labute approximate surface area is 139 Å². The van der Waals surface area contributed by atoms with E-state index in [1.54, 1.807) is 0 Å². The molecule has 134 valence electrons. The smallest absolute Gasteiger partial charge is 0.0462 e. The zero-order valence-corrected chi connectivity index (χ0v) is 15.7. The fraction of sp³-hybridized carbons (Fsp3) is 1.00. The molecule has 2 aliphatic rings. The third kappa shape index (κ3) is 8.53. The Hall–Kier alpha value is -0.0800. The van der Waals surface area contributed by atoms with Crippen LogP contribution in [0.2, 0.25) is 0 Å². The minimum atomic E-state index is 0.412. The second-order valence-electron chi connectivity index (χ2n) is 6.96. The van der Waals surface area contributed by atoms with E-state index in [1.165, 1.54) is 64.2 Å². The molecule has 0 aromatic rings. The molecule has 2 rings (SSSR count). The van der Waals surface area contributed by atoms with Gasteiger partial charge in [-0.25, -0.2) is 0 Å². The predicted molar refractivity (Wildman–Crippen MR) is 97.0 cm³/mol. The lowest BCUT2D eigenvalue weighted by Gasteiger charge is -2.34. The quantitative estimate of drug-likeness (QED) is 0.727. The van der Waals surface area contributed by atoms with Crippen LogP contribution in [0.3, 0.4) is 0 Å². The van der Waals surface area contributed by atoms with E-state index in [0.717, 1.165) is 11.8 Å². The topological polar surface area (TPSA) is 40.5 Å². The maximum absolute atomic E-state index is 9.21. The molecule has 0 bridgehead atoms. The summed E-state index contributed by atoms with van der Waals surface area (Å²) in [6, 6.07) is 0. The highest BCUT2D eigenvalue weighted by Gasteiger charge is 2.27. The van der Waals surface area contributed by atoms with Crippen LogP contribution in [-0.2, 0) is 0 Å². The summed E-state index contributed by atoms with van der Waals surface area (Å²) in [7, 11) is 0. The fourth-order valence-electron chi connectivity index (χ4n) is 3.88. The predicted octanol–water partition coefficient (Wildman–Crippen LogP) is 5.42. The van der Waals surface area contributed by atoms with Crippen molar-refractivity contribution >= 4 is 0 Å². The largest absolute Gasteiger partial charge is 0.396 e. The molecule has 0 aromatic carbocycles. The van der Waals surface area contributed by atoms with Crippen molar-refractivity contribution in [3.8, 4) is 0 Å². The molecule has 0 amide bonds. The zero-order valence-electron chi connectivity index (χ0n) is 15.7. The molecular weight excluding hydrogens is 272 g/mol. The van der Waals surface area contributed by atoms with Gasteiger partial charge in [0.1, 0.15) is 0 Å². The number of aliphatic hydroxyl groups excluding tert-OH is 2. The van der Waals surface area contributed by atoms with E-state index in [2.05, 4.69) is 13.8 Å². The SMILES string of the molecule is CC.CCC(C)[C@@H]1CCCC[C@H]1CO.OCC1CCCCC1. The highest BCUT2D eigenvalue weighted by atomic mass is 16.3. The van der Waals surface area contributed by atoms with E-state index < -0.39 is 0 Å². The Bertz CT molecular complexity index is 224. The molecular formula is C20H42O2. The van der Waals surface area contributed by atoms with Crippen LogP contribution in [0.25, 0.3) is 0 Å². The number of hydrogen-bond donors (Lipinski definition) is 2. The molecule has 2 aliphatic carbocycles. The fourth-order valence-corrected chi connectivity index (χ4v) is 3.88. The molecule has 22 heavy (non-hydrogen) atoms. The van der Waals surface area contributed by atoms with E-state index in [0.29, 0.717) is 25.0 Å². The summed E-state index contributed by atoms with van der Waals surface area (Å²) in [4.78, 5) is 0. The summed E-state index contributed by atoms with van der Waals surface area (Å²) in [6.07, 6.45) is 13.2. The first-order valence-electron chi connectivity index (χ1n) is 9.94. The summed E-state index contributed by atoms with van der Waals surface area (Å²) in [5, 5.41) is 17.9. The Balaban J connectivity index is 0.000000382. The van der Waals surface area contributed by atoms with Gasteiger partial charge in [-0.2, -0.15) is 0 Å². The summed E-state index contributed by atoms with van der Waals surface area (Å²) in [6.45, 7) is 9.42. The minimum absolute atomic E-state index is 0.412. The van der Waals surface area contributed by atoms with Crippen LogP contribution in [0.1, 0.15) is 91.9 Å². The standard InChI is InChI=1S/C11H22O.C7H14O.C2H6/c1-3-9(2)11-7-5-4-6-10(11)8-12;8-6-7-4-2-1-3-5-7;1-2/h9-12H,3-8H2,1-2H3;7-8H,1-6H2;1-2H3/t9?,10-,11-;;/m0../s1. The van der Waals surface area contributed by atoms with E-state index in [1.807, 2.05) is 13.8 Å². The Morgan fingerprint density at radius 2 is 1.36 bits per heavy atom. The number of aliphatic hydroxyl groups is 2. The lowest BCUT2D eigenvalue weighted by molar-refractivity contribution is 0.0988. The van der Waals surface area contributed by atoms with Crippen LogP contribution >= 0.6 is 0 Å². The van der Waals surface area contributed by atoms with Crippen molar-refractivity contribution < 1.29 is 10.2 Å². The van der Waals surface area contributed by atoms with Crippen LogP contribution in [0.15, 0.2) is 0 Å². The third-order valence-corrected chi connectivity index (χ3v) is 5.56. The van der Waals surface area contributed by atoms with E-state index >= 15 is 0 Å². The van der Waals surface area contributed by atoms with Crippen molar-refractivity contribution in [1.82, 2.24) is 0 Å². The third-order valence-electron chi connectivity index (χ3n) is 5.56. The maximum atomic E-state index is 9.21. The molecule has 0 radical (unpaired) electrons. The second kappa shape index (κ2) is 14.5. The molecule has 2 heteroatoms. The molecule has 0 saturated heterocycles.